The van der Waals surface area contributed by atoms with E-state index in [0.29, 0.717) is 23.3 Å². The molecule has 0 aromatic carbocycles. The molecule has 2 N–H and O–H groups in total. The van der Waals surface area contributed by atoms with Gasteiger partial charge in [0.15, 0.2) is 9.84 Å². The van der Waals surface area contributed by atoms with Crippen LogP contribution in [0.4, 0.5) is 5.82 Å². The summed E-state index contributed by atoms with van der Waals surface area (Å²) in [5.41, 5.74) is 5.68. The second kappa shape index (κ2) is 6.07. The fraction of sp³-hybridized carbons (Fsp3) is 0.615. The number of hydrogen-bond acceptors (Lipinski definition) is 6. The van der Waals surface area contributed by atoms with Gasteiger partial charge in [-0.05, 0) is 19.1 Å². The van der Waals surface area contributed by atoms with Gasteiger partial charge in [0.25, 0.3) is 0 Å². The van der Waals surface area contributed by atoms with Crippen molar-refractivity contribution in [2.45, 2.75) is 17.9 Å². The molecule has 0 spiro atoms. The average molecular weight is 298 g/mol. The smallest absolute Gasteiger partial charge is 0.179 e. The van der Waals surface area contributed by atoms with Gasteiger partial charge in [0, 0.05) is 51.2 Å². The SMILES string of the molecule is CC(CN)N1CCN(c2ncccc2S(C)(=O)=O)CC1. The molecule has 1 atom stereocenters. The Labute approximate surface area is 120 Å². The van der Waals surface area contributed by atoms with Crippen LogP contribution in [0.5, 0.6) is 0 Å². The molecule has 1 aromatic rings. The van der Waals surface area contributed by atoms with Gasteiger partial charge < -0.3 is 10.6 Å². The summed E-state index contributed by atoms with van der Waals surface area (Å²) < 4.78 is 23.6. The number of anilines is 1. The number of piperazine rings is 1. The highest BCUT2D eigenvalue weighted by Gasteiger charge is 2.24. The summed E-state index contributed by atoms with van der Waals surface area (Å²) in [6.45, 7) is 6.03. The molecular weight excluding hydrogens is 276 g/mol. The van der Waals surface area contributed by atoms with Gasteiger partial charge in [0.05, 0.1) is 0 Å². The van der Waals surface area contributed by atoms with Crippen LogP contribution < -0.4 is 10.6 Å². The van der Waals surface area contributed by atoms with Gasteiger partial charge in [-0.25, -0.2) is 13.4 Å². The quantitative estimate of drug-likeness (QED) is 0.840. The lowest BCUT2D eigenvalue weighted by Crippen LogP contribution is -2.51. The lowest BCUT2D eigenvalue weighted by atomic mass is 10.2. The number of hydrogen-bond donors (Lipinski definition) is 1. The topological polar surface area (TPSA) is 79.5 Å². The molecule has 2 rings (SSSR count). The molecule has 0 amide bonds. The van der Waals surface area contributed by atoms with E-state index in [1.807, 2.05) is 4.90 Å². The third-order valence-corrected chi connectivity index (χ3v) is 4.85. The second-order valence-corrected chi connectivity index (χ2v) is 7.19. The molecule has 0 saturated carbocycles. The predicted octanol–water partition coefficient (Wildman–Crippen LogP) is -0.0457. The Kier molecular flexibility index (Phi) is 4.62. The average Bonchev–Trinajstić information content (AvgIpc) is 2.46. The highest BCUT2D eigenvalue weighted by atomic mass is 32.2. The van der Waals surface area contributed by atoms with Crippen molar-refractivity contribution in [2.24, 2.45) is 5.73 Å². The normalized spacial score (nSPS) is 19.1. The van der Waals surface area contributed by atoms with E-state index < -0.39 is 9.84 Å². The van der Waals surface area contributed by atoms with Crippen LogP contribution in [0, 0.1) is 0 Å². The zero-order valence-corrected chi connectivity index (χ0v) is 12.8. The number of sulfone groups is 1. The molecular formula is C13H22N4O2S. The van der Waals surface area contributed by atoms with Crippen LogP contribution in [-0.4, -0.2) is 63.3 Å². The summed E-state index contributed by atoms with van der Waals surface area (Å²) in [6, 6.07) is 3.63. The van der Waals surface area contributed by atoms with Gasteiger partial charge in [-0.2, -0.15) is 0 Å². The third-order valence-electron chi connectivity index (χ3n) is 3.73. The van der Waals surface area contributed by atoms with Crippen LogP contribution >= 0.6 is 0 Å². The van der Waals surface area contributed by atoms with Crippen LogP contribution in [0.2, 0.25) is 0 Å². The van der Waals surface area contributed by atoms with E-state index in [1.54, 1.807) is 18.3 Å². The number of rotatable bonds is 4. The minimum atomic E-state index is -3.26. The fourth-order valence-corrected chi connectivity index (χ4v) is 3.27. The number of nitrogens with two attached hydrogens (primary N) is 1. The van der Waals surface area contributed by atoms with Crippen molar-refractivity contribution in [2.75, 3.05) is 43.9 Å². The molecule has 112 valence electrons. The zero-order chi connectivity index (χ0) is 14.8. The molecule has 1 unspecified atom stereocenters. The molecule has 0 aliphatic carbocycles. The Bertz CT molecular complexity index is 553. The molecule has 1 fully saturated rings. The number of pyridine rings is 1. The molecule has 1 aliphatic heterocycles. The van der Waals surface area contributed by atoms with Gasteiger partial charge >= 0.3 is 0 Å². The second-order valence-electron chi connectivity index (χ2n) is 5.21. The summed E-state index contributed by atoms with van der Waals surface area (Å²) in [5.74, 6) is 0.565. The molecule has 7 heteroatoms. The molecule has 0 bridgehead atoms. The van der Waals surface area contributed by atoms with Crippen molar-refractivity contribution in [1.82, 2.24) is 9.88 Å². The van der Waals surface area contributed by atoms with E-state index in [2.05, 4.69) is 16.8 Å². The van der Waals surface area contributed by atoms with E-state index in [-0.39, 0.29) is 0 Å². The summed E-state index contributed by atoms with van der Waals surface area (Å²) in [4.78, 5) is 8.93. The van der Waals surface area contributed by atoms with Crippen molar-refractivity contribution in [1.29, 1.82) is 0 Å². The van der Waals surface area contributed by atoms with Crippen LogP contribution in [0.25, 0.3) is 0 Å². The maximum atomic E-state index is 11.8. The zero-order valence-electron chi connectivity index (χ0n) is 12.0. The molecule has 0 radical (unpaired) electrons. The van der Waals surface area contributed by atoms with E-state index in [0.717, 1.165) is 26.2 Å². The molecule has 1 saturated heterocycles. The van der Waals surface area contributed by atoms with Crippen LogP contribution in [0.15, 0.2) is 23.2 Å². The highest BCUT2D eigenvalue weighted by molar-refractivity contribution is 7.90. The summed E-state index contributed by atoms with van der Waals surface area (Å²) in [6.07, 6.45) is 2.86. The molecule has 1 aromatic heterocycles. The summed E-state index contributed by atoms with van der Waals surface area (Å²) in [5, 5.41) is 0. The van der Waals surface area contributed by atoms with E-state index in [1.165, 1.54) is 6.26 Å². The molecule has 20 heavy (non-hydrogen) atoms. The Hall–Kier alpha value is -1.18. The Morgan fingerprint density at radius 1 is 1.35 bits per heavy atom. The molecule has 2 heterocycles. The Morgan fingerprint density at radius 2 is 2.00 bits per heavy atom. The van der Waals surface area contributed by atoms with Crippen molar-refractivity contribution >= 4 is 15.7 Å². The summed E-state index contributed by atoms with van der Waals surface area (Å²) >= 11 is 0. The van der Waals surface area contributed by atoms with Crippen molar-refractivity contribution in [3.63, 3.8) is 0 Å². The lowest BCUT2D eigenvalue weighted by Gasteiger charge is -2.38. The maximum absolute atomic E-state index is 11.8. The van der Waals surface area contributed by atoms with Gasteiger partial charge in [-0.3, -0.25) is 4.90 Å². The van der Waals surface area contributed by atoms with Crippen LogP contribution in [-0.2, 0) is 9.84 Å². The molecule has 1 aliphatic rings. The van der Waals surface area contributed by atoms with Gasteiger partial charge in [0.1, 0.15) is 10.7 Å². The lowest BCUT2D eigenvalue weighted by molar-refractivity contribution is 0.200. The first-order valence-corrected chi connectivity index (χ1v) is 8.66. The largest absolute Gasteiger partial charge is 0.353 e. The minimum absolute atomic E-state index is 0.306. The minimum Gasteiger partial charge on any atom is -0.353 e. The van der Waals surface area contributed by atoms with Gasteiger partial charge in [0.2, 0.25) is 0 Å². The predicted molar refractivity (Wildman–Crippen MR) is 79.6 cm³/mol. The van der Waals surface area contributed by atoms with Gasteiger partial charge in [-0.1, -0.05) is 0 Å². The van der Waals surface area contributed by atoms with Crippen molar-refractivity contribution in [3.8, 4) is 0 Å². The maximum Gasteiger partial charge on any atom is 0.179 e. The Balaban J connectivity index is 2.16. The van der Waals surface area contributed by atoms with Crippen LogP contribution in [0.1, 0.15) is 6.92 Å². The van der Waals surface area contributed by atoms with Crippen molar-refractivity contribution in [3.05, 3.63) is 18.3 Å². The first-order valence-electron chi connectivity index (χ1n) is 6.77. The first kappa shape index (κ1) is 15.2. The van der Waals surface area contributed by atoms with E-state index in [4.69, 9.17) is 5.73 Å². The first-order chi connectivity index (χ1) is 9.43. The van der Waals surface area contributed by atoms with Crippen molar-refractivity contribution < 1.29 is 8.42 Å². The van der Waals surface area contributed by atoms with Crippen LogP contribution in [0.3, 0.4) is 0 Å². The standard InChI is InChI=1S/C13H22N4O2S/c1-11(10-14)16-6-8-17(9-7-16)13-12(20(2,18)19)4-3-5-15-13/h3-5,11H,6-10,14H2,1-2H3. The fourth-order valence-electron chi connectivity index (χ4n) is 2.43. The molecule has 6 nitrogen and oxygen atoms in total. The summed E-state index contributed by atoms with van der Waals surface area (Å²) in [7, 11) is -3.26. The van der Waals surface area contributed by atoms with E-state index >= 15 is 0 Å². The third kappa shape index (κ3) is 3.28. The number of aromatic nitrogens is 1. The Morgan fingerprint density at radius 3 is 2.55 bits per heavy atom. The van der Waals surface area contributed by atoms with Gasteiger partial charge in [-0.15, -0.1) is 0 Å². The number of nitrogens with zero attached hydrogens (tertiary/aromatic N) is 3. The monoisotopic (exact) mass is 298 g/mol. The highest BCUT2D eigenvalue weighted by Crippen LogP contribution is 2.23. The van der Waals surface area contributed by atoms with E-state index in [9.17, 15) is 8.42 Å².